The van der Waals surface area contributed by atoms with E-state index in [-0.39, 0.29) is 60.6 Å². The Balaban J connectivity index is 1.38. The fourth-order valence-corrected chi connectivity index (χ4v) is 10.6. The molecule has 0 atom stereocenters. The van der Waals surface area contributed by atoms with Crippen molar-refractivity contribution in [3.63, 3.8) is 0 Å². The predicted octanol–water partition coefficient (Wildman–Crippen LogP) is 0.264. The van der Waals surface area contributed by atoms with E-state index in [1.165, 1.54) is 21.9 Å². The molecule has 432 valence electrons. The highest BCUT2D eigenvalue weighted by Gasteiger charge is 2.25. The summed E-state index contributed by atoms with van der Waals surface area (Å²) < 4.78 is 208. The topological polar surface area (TPSA) is 539 Å². The molecule has 0 saturated carbocycles. The van der Waals surface area contributed by atoms with E-state index in [0.29, 0.717) is 36.4 Å². The maximum Gasteiger partial charge on any atom is 0.296 e. The van der Waals surface area contributed by atoms with Crippen LogP contribution < -0.4 is 31.1 Å². The van der Waals surface area contributed by atoms with Crippen molar-refractivity contribution in [3.05, 3.63) is 83.9 Å². The van der Waals surface area contributed by atoms with Crippen molar-refractivity contribution in [1.29, 1.82) is 0 Å². The lowest BCUT2D eigenvalue weighted by Gasteiger charge is -2.22. The van der Waals surface area contributed by atoms with Crippen LogP contribution in [-0.4, -0.2) is 181 Å². The number of anilines is 10. The second-order valence-electron chi connectivity index (χ2n) is 15.9. The molecule has 0 aliphatic heterocycles. The molecule has 0 radical (unpaired) electrons. The van der Waals surface area contributed by atoms with E-state index < -0.39 is 152 Å². The normalized spacial score (nSPS) is 12.6. The third-order valence-electron chi connectivity index (χ3n) is 10.4. The number of aromatic nitrogens is 6. The summed E-state index contributed by atoms with van der Waals surface area (Å²) in [6.07, 6.45) is 2.01. The molecule has 80 heavy (non-hydrogen) atoms. The molecule has 14 N–H and O–H groups in total. The first-order valence-corrected chi connectivity index (χ1v) is 30.5. The smallest absolute Gasteiger partial charge is 0.296 e. The van der Waals surface area contributed by atoms with Crippen LogP contribution in [0, 0.1) is 0 Å². The van der Waals surface area contributed by atoms with Crippen molar-refractivity contribution in [2.45, 2.75) is 29.4 Å². The molecular weight excluding hydrogens is 1190 g/mol. The molecule has 0 unspecified atom stereocenters. The highest BCUT2D eigenvalue weighted by Crippen LogP contribution is 2.33. The minimum absolute atomic E-state index is 0.212. The molecule has 0 amide bonds. The molecule has 2 heterocycles. The molecule has 0 aliphatic carbocycles. The van der Waals surface area contributed by atoms with Crippen molar-refractivity contribution in [3.8, 4) is 0 Å². The molecule has 0 saturated heterocycles. The van der Waals surface area contributed by atoms with Crippen LogP contribution in [0.3, 0.4) is 0 Å². The van der Waals surface area contributed by atoms with Gasteiger partial charge in [0, 0.05) is 37.6 Å². The van der Waals surface area contributed by atoms with E-state index >= 15 is 0 Å². The maximum atomic E-state index is 12.8. The Hall–Kier alpha value is -7.26. The number of nitrogens with one attached hydrogen (secondary N) is 4. The number of nitrogens with zero attached hydrogens (tertiary/aromatic N) is 8. The van der Waals surface area contributed by atoms with Crippen LogP contribution in [0.15, 0.2) is 102 Å². The van der Waals surface area contributed by atoms with E-state index in [4.69, 9.17) is 0 Å². The van der Waals surface area contributed by atoms with Crippen LogP contribution in [-0.2, 0) is 60.7 Å². The van der Waals surface area contributed by atoms with Crippen LogP contribution in [0.2, 0.25) is 0 Å². The fraction of sp³-hybridized carbons (Fsp3) is 0.200. The fourth-order valence-electron chi connectivity index (χ4n) is 6.95. The van der Waals surface area contributed by atoms with Gasteiger partial charge in [-0.15, -0.1) is 0 Å². The second-order valence-corrected chi connectivity index (χ2v) is 24.3. The van der Waals surface area contributed by atoms with Crippen LogP contribution in [0.5, 0.6) is 0 Å². The minimum atomic E-state index is -5.20. The van der Waals surface area contributed by atoms with E-state index in [9.17, 15) is 98.2 Å². The number of hydrogen-bond acceptors (Lipinski definition) is 28. The zero-order chi connectivity index (χ0) is 59.2. The summed E-state index contributed by atoms with van der Waals surface area (Å²) in [4.78, 5) is 22.0. The number of aliphatic hydroxyl groups is 4. The molecule has 0 aliphatic rings. The van der Waals surface area contributed by atoms with Gasteiger partial charge < -0.3 is 51.5 Å². The quantitative estimate of drug-likeness (QED) is 0.0256. The lowest BCUT2D eigenvalue weighted by atomic mass is 10.1. The van der Waals surface area contributed by atoms with Gasteiger partial charge in [-0.05, 0) is 71.8 Å². The van der Waals surface area contributed by atoms with E-state index in [2.05, 4.69) is 51.2 Å². The Morgan fingerprint density at radius 2 is 0.662 bits per heavy atom. The second kappa shape index (κ2) is 24.6. The molecule has 0 spiro atoms. The summed E-state index contributed by atoms with van der Waals surface area (Å²) in [5, 5.41) is 48.8. The average Bonchev–Trinajstić information content (AvgIpc) is 3.34. The van der Waals surface area contributed by atoms with Crippen molar-refractivity contribution >= 4 is 131 Å². The van der Waals surface area contributed by atoms with Crippen LogP contribution in [0.1, 0.15) is 11.1 Å². The van der Waals surface area contributed by atoms with Crippen molar-refractivity contribution in [1.82, 2.24) is 29.9 Å². The monoisotopic (exact) mass is 1240 g/mol. The first-order chi connectivity index (χ1) is 37.2. The van der Waals surface area contributed by atoms with Gasteiger partial charge in [0.05, 0.1) is 47.6 Å². The van der Waals surface area contributed by atoms with Crippen molar-refractivity contribution < 1.29 is 98.2 Å². The molecular formula is C40H44N12O22S6. The molecule has 2 aromatic heterocycles. The average molecular weight is 1240 g/mol. The Morgan fingerprint density at radius 1 is 0.362 bits per heavy atom. The summed E-state index contributed by atoms with van der Waals surface area (Å²) in [5.74, 6) is -2.91. The number of benzene rings is 4. The predicted molar refractivity (Wildman–Crippen MR) is 279 cm³/mol. The van der Waals surface area contributed by atoms with Gasteiger partial charge in [-0.2, -0.15) is 80.4 Å². The van der Waals surface area contributed by atoms with Gasteiger partial charge in [-0.3, -0.25) is 27.3 Å². The highest BCUT2D eigenvalue weighted by molar-refractivity contribution is 7.87. The van der Waals surface area contributed by atoms with Gasteiger partial charge in [0.25, 0.3) is 60.7 Å². The Kier molecular flexibility index (Phi) is 19.1. The number of rotatable bonds is 26. The summed E-state index contributed by atoms with van der Waals surface area (Å²) >= 11 is 0. The lowest BCUT2D eigenvalue weighted by molar-refractivity contribution is 0.279. The molecule has 6 rings (SSSR count). The summed E-state index contributed by atoms with van der Waals surface area (Å²) in [5.41, 5.74) is -2.45. The zero-order valence-corrected chi connectivity index (χ0v) is 45.0. The summed E-state index contributed by atoms with van der Waals surface area (Å²) in [6, 6.07) is 10.1. The molecule has 6 aromatic rings. The van der Waals surface area contributed by atoms with Gasteiger partial charge in [0.1, 0.15) is 19.6 Å². The Morgan fingerprint density at radius 3 is 0.938 bits per heavy atom. The Labute approximate surface area is 454 Å². The van der Waals surface area contributed by atoms with Crippen LogP contribution in [0.25, 0.3) is 12.2 Å². The van der Waals surface area contributed by atoms with E-state index in [0.717, 1.165) is 36.4 Å². The standard InChI is InChI=1S/C40H44N12O22S6/c53-15-11-51(12-16-54)39-47-35(45-37(49-39)43-29-21-27(75(57,58)59)7-9-31(29)77(63,64)65)41-25-5-3-23(33(19-25)79(69,70)71)1-2-24-4-6-26(20-34(24)80(72,73)74)42-36-46-38(50-40(48-36)52(13-17-55)14-18-56)44-30-22-28(76(60,61)62)8-10-32(30)78(66,67)68/h1-10,19-22,53-56H,11-18H2,(H,57,58,59)(H,60,61,62)(H,63,64,65)(H,66,67,68)(H,69,70,71)(H,72,73,74)(H2,41,43,45,47,49)(H2,42,44,46,48,50)/b2-1+. The lowest BCUT2D eigenvalue weighted by Crippen LogP contribution is -2.31. The van der Waals surface area contributed by atoms with Gasteiger partial charge in [0.2, 0.25) is 35.7 Å². The minimum Gasteiger partial charge on any atom is -0.395 e. The highest BCUT2D eigenvalue weighted by atomic mass is 32.2. The van der Waals surface area contributed by atoms with Gasteiger partial charge in [0.15, 0.2) is 0 Å². The van der Waals surface area contributed by atoms with Gasteiger partial charge in [-0.25, -0.2) is 0 Å². The first kappa shape index (κ1) is 61.9. The number of aliphatic hydroxyl groups excluding tert-OH is 4. The Bertz CT molecular complexity index is 3800. The molecule has 0 bridgehead atoms. The van der Waals surface area contributed by atoms with E-state index in [1.807, 2.05) is 0 Å². The van der Waals surface area contributed by atoms with Crippen LogP contribution in [0.4, 0.5) is 58.4 Å². The third-order valence-corrected chi connectivity index (χ3v) is 15.7. The summed E-state index contributed by atoms with van der Waals surface area (Å²) in [6.45, 7) is -3.05. The third kappa shape index (κ3) is 16.2. The van der Waals surface area contributed by atoms with Gasteiger partial charge in [-0.1, -0.05) is 24.3 Å². The number of hydrogen-bond donors (Lipinski definition) is 14. The van der Waals surface area contributed by atoms with Crippen LogP contribution >= 0.6 is 0 Å². The molecule has 40 heteroatoms. The van der Waals surface area contributed by atoms with Crippen molar-refractivity contribution in [2.24, 2.45) is 0 Å². The molecule has 0 fully saturated rings. The van der Waals surface area contributed by atoms with Crippen molar-refractivity contribution in [2.75, 3.05) is 83.7 Å². The maximum absolute atomic E-state index is 12.8. The molecule has 34 nitrogen and oxygen atoms in total. The first-order valence-electron chi connectivity index (χ1n) is 21.8. The largest absolute Gasteiger partial charge is 0.395 e. The molecule has 4 aromatic carbocycles. The zero-order valence-electron chi connectivity index (χ0n) is 40.1. The van der Waals surface area contributed by atoms with E-state index in [1.54, 1.807) is 0 Å². The SMILES string of the molecule is O=S(=O)(O)c1ccc(S(=O)(=O)O)c(Nc2nc(Nc3ccc(/C=C/c4ccc(Nc5nc(Nc6cc(S(=O)(=O)O)ccc6S(=O)(=O)O)nc(N(CCO)CCO)n5)cc4S(=O)(=O)O)c(S(=O)(=O)O)c3)nc(N(CCO)CCO)n2)c1. The summed E-state index contributed by atoms with van der Waals surface area (Å²) in [7, 11) is -30.5. The van der Waals surface area contributed by atoms with Gasteiger partial charge >= 0.3 is 0 Å².